The molecule has 1 fully saturated rings. The maximum Gasteiger partial charge on any atom is 0.442 e. The van der Waals surface area contributed by atoms with Gasteiger partial charge in [-0.15, -0.1) is 0 Å². The molecule has 146 valence electrons. The fourth-order valence-electron chi connectivity index (χ4n) is 3.24. The molecule has 26 heavy (non-hydrogen) atoms. The molecule has 0 radical (unpaired) electrons. The van der Waals surface area contributed by atoms with E-state index in [0.717, 1.165) is 16.4 Å². The lowest BCUT2D eigenvalue weighted by atomic mass is 9.86. The molecule has 0 bridgehead atoms. The number of para-hydroxylation sites is 1. The molecule has 0 aromatic heterocycles. The van der Waals surface area contributed by atoms with Crippen LogP contribution in [0.5, 0.6) is 0 Å². The fourth-order valence-corrected chi connectivity index (χ4v) is 6.59. The van der Waals surface area contributed by atoms with Gasteiger partial charge in [-0.3, -0.25) is 10.1 Å². The molecule has 0 N–H and O–H groups in total. The molecule has 2 rings (SSSR count). The van der Waals surface area contributed by atoms with Crippen molar-refractivity contribution < 1.29 is 26.5 Å². The van der Waals surface area contributed by atoms with Crippen LogP contribution in [0.1, 0.15) is 27.2 Å². The molecular formula is C15H19F3N2O4S2. The van der Waals surface area contributed by atoms with Gasteiger partial charge < -0.3 is 0 Å². The Balaban J connectivity index is 2.50. The number of nitro groups is 1. The standard InChI is InChI=1S/C15H19F3N2O4S2/c1-14(2,3)13-11(25-15(16,17)18)8-9-19(13)26(23,24)12-7-5-4-6-10(12)20(21)22/h4-7,11,13H,8-9H2,1-3H3/t11-,13-/m0/s1. The maximum atomic E-state index is 13.1. The summed E-state index contributed by atoms with van der Waals surface area (Å²) in [6.45, 7) is 4.86. The van der Waals surface area contributed by atoms with E-state index in [2.05, 4.69) is 0 Å². The van der Waals surface area contributed by atoms with Gasteiger partial charge in [0.15, 0.2) is 4.90 Å². The predicted octanol–water partition coefficient (Wildman–Crippen LogP) is 4.03. The summed E-state index contributed by atoms with van der Waals surface area (Å²) in [5.41, 5.74) is -5.87. The third kappa shape index (κ3) is 4.32. The second-order valence-electron chi connectivity index (χ2n) is 7.04. The van der Waals surface area contributed by atoms with Crippen LogP contribution in [0.3, 0.4) is 0 Å². The van der Waals surface area contributed by atoms with Crippen LogP contribution in [-0.2, 0) is 10.0 Å². The SMILES string of the molecule is CC(C)(C)[C@@H]1[C@@H](SC(F)(F)F)CCN1S(=O)(=O)c1ccccc1[N+](=O)[O-]. The Bertz CT molecular complexity index is 791. The Morgan fingerprint density at radius 3 is 2.31 bits per heavy atom. The van der Waals surface area contributed by atoms with Crippen LogP contribution in [-0.4, -0.2) is 41.0 Å². The van der Waals surface area contributed by atoms with E-state index in [0.29, 0.717) is 0 Å². The van der Waals surface area contributed by atoms with Crippen LogP contribution in [0.15, 0.2) is 29.2 Å². The zero-order valence-electron chi connectivity index (χ0n) is 14.4. The van der Waals surface area contributed by atoms with Crippen molar-refractivity contribution in [2.75, 3.05) is 6.54 Å². The van der Waals surface area contributed by atoms with Crippen LogP contribution in [0.25, 0.3) is 0 Å². The van der Waals surface area contributed by atoms with Gasteiger partial charge in [-0.2, -0.15) is 17.5 Å². The zero-order chi connectivity index (χ0) is 19.9. The maximum absolute atomic E-state index is 13.1. The van der Waals surface area contributed by atoms with E-state index in [4.69, 9.17) is 0 Å². The summed E-state index contributed by atoms with van der Waals surface area (Å²) in [5, 5.41) is 10.2. The van der Waals surface area contributed by atoms with Crippen LogP contribution in [0.4, 0.5) is 18.9 Å². The highest BCUT2D eigenvalue weighted by molar-refractivity contribution is 8.00. The highest BCUT2D eigenvalue weighted by atomic mass is 32.2. The number of hydrogen-bond donors (Lipinski definition) is 0. The van der Waals surface area contributed by atoms with Crippen molar-refractivity contribution in [1.29, 1.82) is 0 Å². The zero-order valence-corrected chi connectivity index (χ0v) is 16.0. The second-order valence-corrected chi connectivity index (χ2v) is 10.2. The Hall–Kier alpha value is -1.33. The van der Waals surface area contributed by atoms with E-state index < -0.39 is 47.7 Å². The number of hydrogen-bond acceptors (Lipinski definition) is 5. The Labute approximate surface area is 154 Å². The van der Waals surface area contributed by atoms with Crippen molar-refractivity contribution in [3.05, 3.63) is 34.4 Å². The number of thioether (sulfide) groups is 1. The number of halogens is 3. The summed E-state index contributed by atoms with van der Waals surface area (Å²) in [7, 11) is -4.32. The number of sulfonamides is 1. The summed E-state index contributed by atoms with van der Waals surface area (Å²) in [6, 6.07) is 3.92. The number of rotatable bonds is 4. The molecule has 1 saturated heterocycles. The molecule has 1 heterocycles. The van der Waals surface area contributed by atoms with Crippen molar-refractivity contribution in [3.63, 3.8) is 0 Å². The first-order valence-electron chi connectivity index (χ1n) is 7.75. The smallest absolute Gasteiger partial charge is 0.258 e. The average Bonchev–Trinajstić information content (AvgIpc) is 2.89. The molecular weight excluding hydrogens is 393 g/mol. The van der Waals surface area contributed by atoms with Crippen molar-refractivity contribution in [2.45, 2.75) is 48.9 Å². The highest BCUT2D eigenvalue weighted by Crippen LogP contribution is 2.47. The van der Waals surface area contributed by atoms with E-state index >= 15 is 0 Å². The molecule has 0 saturated carbocycles. The number of nitro benzene ring substituents is 1. The van der Waals surface area contributed by atoms with Gasteiger partial charge in [0.2, 0.25) is 10.0 Å². The summed E-state index contributed by atoms with van der Waals surface area (Å²) in [6.07, 6.45) is 0.0198. The normalized spacial score (nSPS) is 22.5. The number of alkyl halides is 3. The molecule has 1 aromatic carbocycles. The summed E-state index contributed by atoms with van der Waals surface area (Å²) in [4.78, 5) is 9.87. The average molecular weight is 412 g/mol. The van der Waals surface area contributed by atoms with Crippen LogP contribution < -0.4 is 0 Å². The molecule has 0 aliphatic carbocycles. The minimum Gasteiger partial charge on any atom is -0.258 e. The van der Waals surface area contributed by atoms with Crippen molar-refractivity contribution in [2.24, 2.45) is 5.41 Å². The first kappa shape index (κ1) is 21.0. The molecule has 0 unspecified atom stereocenters. The van der Waals surface area contributed by atoms with Crippen molar-refractivity contribution >= 4 is 27.5 Å². The molecule has 0 spiro atoms. The lowest BCUT2D eigenvalue weighted by Crippen LogP contribution is -2.47. The molecule has 6 nitrogen and oxygen atoms in total. The Kier molecular flexibility index (Phi) is 5.65. The van der Waals surface area contributed by atoms with Gasteiger partial charge in [-0.1, -0.05) is 32.9 Å². The minimum absolute atomic E-state index is 0.0198. The topological polar surface area (TPSA) is 80.5 Å². The lowest BCUT2D eigenvalue weighted by Gasteiger charge is -2.37. The third-order valence-corrected chi connectivity index (χ3v) is 7.11. The number of nitrogens with zero attached hydrogens (tertiary/aromatic N) is 2. The minimum atomic E-state index is -4.49. The monoisotopic (exact) mass is 412 g/mol. The molecule has 1 aromatic rings. The molecule has 0 amide bonds. The number of benzene rings is 1. The van der Waals surface area contributed by atoms with Crippen LogP contribution in [0, 0.1) is 15.5 Å². The van der Waals surface area contributed by atoms with E-state index in [1.807, 2.05) is 0 Å². The first-order valence-corrected chi connectivity index (χ1v) is 10.1. The second kappa shape index (κ2) is 7.01. The van der Waals surface area contributed by atoms with E-state index in [-0.39, 0.29) is 24.7 Å². The van der Waals surface area contributed by atoms with Gasteiger partial charge in [0.25, 0.3) is 5.69 Å². The van der Waals surface area contributed by atoms with Gasteiger partial charge in [0.05, 0.1) is 4.92 Å². The predicted molar refractivity (Wildman–Crippen MR) is 92.3 cm³/mol. The van der Waals surface area contributed by atoms with Crippen molar-refractivity contribution in [1.82, 2.24) is 4.31 Å². The van der Waals surface area contributed by atoms with Crippen LogP contribution in [0.2, 0.25) is 0 Å². The summed E-state index contributed by atoms with van der Waals surface area (Å²) >= 11 is -0.215. The highest BCUT2D eigenvalue weighted by Gasteiger charge is 2.51. The molecule has 2 atom stereocenters. The van der Waals surface area contributed by atoms with Gasteiger partial charge in [-0.05, 0) is 29.7 Å². The molecule has 1 aliphatic rings. The lowest BCUT2D eigenvalue weighted by molar-refractivity contribution is -0.387. The third-order valence-electron chi connectivity index (χ3n) is 4.12. The van der Waals surface area contributed by atoms with Gasteiger partial charge >= 0.3 is 5.51 Å². The summed E-state index contributed by atoms with van der Waals surface area (Å²) < 4.78 is 65.8. The Morgan fingerprint density at radius 1 is 1.23 bits per heavy atom. The van der Waals surface area contributed by atoms with Crippen molar-refractivity contribution in [3.8, 4) is 0 Å². The molecule has 1 aliphatic heterocycles. The van der Waals surface area contributed by atoms with Gasteiger partial charge in [0, 0.05) is 23.9 Å². The largest absolute Gasteiger partial charge is 0.442 e. The first-order chi connectivity index (χ1) is 11.7. The van der Waals surface area contributed by atoms with E-state index in [1.165, 1.54) is 12.1 Å². The van der Waals surface area contributed by atoms with Gasteiger partial charge in [-0.25, -0.2) is 8.42 Å². The van der Waals surface area contributed by atoms with Gasteiger partial charge in [0.1, 0.15) is 0 Å². The quantitative estimate of drug-likeness (QED) is 0.551. The van der Waals surface area contributed by atoms with E-state index in [9.17, 15) is 31.7 Å². The fraction of sp³-hybridized carbons (Fsp3) is 0.600. The molecule has 11 heteroatoms. The summed E-state index contributed by atoms with van der Waals surface area (Å²) in [5.74, 6) is 0. The Morgan fingerprint density at radius 2 is 1.81 bits per heavy atom. The van der Waals surface area contributed by atoms with E-state index in [1.54, 1.807) is 20.8 Å². The van der Waals surface area contributed by atoms with Crippen LogP contribution >= 0.6 is 11.8 Å².